The van der Waals surface area contributed by atoms with E-state index in [0.717, 1.165) is 110 Å². The highest BCUT2D eigenvalue weighted by Crippen LogP contribution is 2.42. The van der Waals surface area contributed by atoms with Crippen molar-refractivity contribution in [3.05, 3.63) is 158 Å². The Bertz CT molecular complexity index is 3220. The molecule has 11 aromatic rings. The fraction of sp³-hybridized carbons (Fsp3) is 0. The molecule has 0 atom stereocenters. The molecule has 0 aliphatic carbocycles. The predicted octanol–water partition coefficient (Wildman–Crippen LogP) is 11.9. The topological polar surface area (TPSA) is 64.7 Å². The molecule has 0 aliphatic heterocycles. The maximum atomic E-state index is 6.56. The third kappa shape index (κ3) is 4.15. The van der Waals surface area contributed by atoms with Crippen molar-refractivity contribution in [1.29, 1.82) is 0 Å². The number of benzene rings is 6. The minimum atomic E-state index is 0.886. The number of hydrogen-bond donors (Lipinski definition) is 0. The summed E-state index contributed by atoms with van der Waals surface area (Å²) in [6.07, 6.45) is 5.58. The van der Waals surface area contributed by atoms with Crippen LogP contribution in [0.2, 0.25) is 0 Å². The lowest BCUT2D eigenvalue weighted by molar-refractivity contribution is 0.673. The summed E-state index contributed by atoms with van der Waals surface area (Å²) in [4.78, 5) is 19.7. The Kier molecular flexibility index (Phi) is 5.89. The second-order valence-electron chi connectivity index (χ2n) is 13.0. The number of aromatic nitrogens is 4. The summed E-state index contributed by atoms with van der Waals surface area (Å²) >= 11 is 0. The van der Waals surface area contributed by atoms with Crippen molar-refractivity contribution in [2.24, 2.45) is 0 Å². The molecule has 0 amide bonds. The smallest absolute Gasteiger partial charge is 0.144 e. The maximum absolute atomic E-state index is 6.56. The van der Waals surface area contributed by atoms with Crippen molar-refractivity contribution < 1.29 is 4.42 Å². The minimum absolute atomic E-state index is 0.886. The summed E-state index contributed by atoms with van der Waals surface area (Å²) in [5, 5.41) is 8.67. The van der Waals surface area contributed by atoms with Crippen molar-refractivity contribution in [1.82, 2.24) is 19.9 Å². The van der Waals surface area contributed by atoms with E-state index in [1.807, 2.05) is 48.9 Å². The van der Waals surface area contributed by atoms with Crippen LogP contribution in [0, 0.1) is 0 Å². The number of nitrogens with zero attached hydrogens (tertiary/aromatic N) is 4. The number of para-hydroxylation sites is 2. The van der Waals surface area contributed by atoms with Crippen LogP contribution in [0.1, 0.15) is 0 Å². The molecule has 236 valence electrons. The van der Waals surface area contributed by atoms with E-state index in [-0.39, 0.29) is 0 Å². The molecule has 6 aromatic carbocycles. The van der Waals surface area contributed by atoms with Gasteiger partial charge in [0, 0.05) is 72.8 Å². The van der Waals surface area contributed by atoms with Gasteiger partial charge in [-0.05, 0) is 59.2 Å². The van der Waals surface area contributed by atoms with Gasteiger partial charge in [-0.15, -0.1) is 0 Å². The molecule has 0 aliphatic rings. The zero-order valence-electron chi connectivity index (χ0n) is 27.2. The predicted molar refractivity (Wildman–Crippen MR) is 209 cm³/mol. The molecule has 5 heteroatoms. The second kappa shape index (κ2) is 10.8. The van der Waals surface area contributed by atoms with E-state index in [1.165, 1.54) is 0 Å². The zero-order chi connectivity index (χ0) is 33.5. The molecule has 5 aromatic heterocycles. The Morgan fingerprint density at radius 1 is 0.412 bits per heavy atom. The summed E-state index contributed by atoms with van der Waals surface area (Å²) in [6, 6.07) is 48.6. The second-order valence-corrected chi connectivity index (χ2v) is 13.0. The van der Waals surface area contributed by atoms with Crippen molar-refractivity contribution >= 4 is 76.3 Å². The Balaban J connectivity index is 1.11. The fourth-order valence-corrected chi connectivity index (χ4v) is 7.90. The first-order valence-corrected chi connectivity index (χ1v) is 17.0. The van der Waals surface area contributed by atoms with Gasteiger partial charge in [0.15, 0.2) is 0 Å². The highest BCUT2D eigenvalue weighted by atomic mass is 16.3. The lowest BCUT2D eigenvalue weighted by atomic mass is 9.92. The molecule has 5 heterocycles. The number of pyridine rings is 4. The molecule has 0 saturated heterocycles. The van der Waals surface area contributed by atoms with E-state index < -0.39 is 0 Å². The van der Waals surface area contributed by atoms with Crippen molar-refractivity contribution in [3.63, 3.8) is 0 Å². The molecule has 0 radical (unpaired) electrons. The molecule has 51 heavy (non-hydrogen) atoms. The SMILES string of the molecule is c1cc(-c2nc3ccccc3c3c2ccc2c4ccccc4oc23)cc(-c2ccc(-c3ccnc4c3ccc3cccnc34)c3cccnc23)c1. The highest BCUT2D eigenvalue weighted by molar-refractivity contribution is 6.24. The van der Waals surface area contributed by atoms with Gasteiger partial charge in [0.05, 0.1) is 27.8 Å². The van der Waals surface area contributed by atoms with E-state index in [0.29, 0.717) is 0 Å². The first kappa shape index (κ1) is 27.9. The first-order valence-electron chi connectivity index (χ1n) is 17.0. The largest absolute Gasteiger partial charge is 0.455 e. The quantitative estimate of drug-likeness (QED) is 0.178. The van der Waals surface area contributed by atoms with Gasteiger partial charge in [0.1, 0.15) is 11.2 Å². The van der Waals surface area contributed by atoms with Crippen molar-refractivity contribution in [2.45, 2.75) is 0 Å². The van der Waals surface area contributed by atoms with Gasteiger partial charge in [0.25, 0.3) is 0 Å². The molecule has 0 unspecified atom stereocenters. The molecule has 0 saturated carbocycles. The zero-order valence-corrected chi connectivity index (χ0v) is 27.2. The average Bonchev–Trinajstić information content (AvgIpc) is 3.59. The van der Waals surface area contributed by atoms with Crippen LogP contribution < -0.4 is 0 Å². The Hall–Kier alpha value is -6.98. The number of hydrogen-bond acceptors (Lipinski definition) is 5. The summed E-state index contributed by atoms with van der Waals surface area (Å²) in [5.74, 6) is 0. The van der Waals surface area contributed by atoms with Gasteiger partial charge in [-0.3, -0.25) is 15.0 Å². The van der Waals surface area contributed by atoms with Gasteiger partial charge < -0.3 is 4.42 Å². The summed E-state index contributed by atoms with van der Waals surface area (Å²) in [7, 11) is 0. The van der Waals surface area contributed by atoms with Crippen LogP contribution in [0.4, 0.5) is 0 Å². The molecule has 0 spiro atoms. The third-order valence-corrected chi connectivity index (χ3v) is 10.2. The Labute approximate surface area is 291 Å². The average molecular weight is 651 g/mol. The number of furan rings is 1. The molecule has 5 nitrogen and oxygen atoms in total. The number of rotatable bonds is 3. The summed E-state index contributed by atoms with van der Waals surface area (Å²) in [6.45, 7) is 0. The van der Waals surface area contributed by atoms with Crippen LogP contribution in [0.5, 0.6) is 0 Å². The van der Waals surface area contributed by atoms with Gasteiger partial charge in [-0.25, -0.2) is 4.98 Å². The minimum Gasteiger partial charge on any atom is -0.455 e. The molecule has 11 rings (SSSR count). The van der Waals surface area contributed by atoms with E-state index >= 15 is 0 Å². The van der Waals surface area contributed by atoms with Crippen LogP contribution in [-0.2, 0) is 0 Å². The standard InChI is InChI=1S/C46H26N4O/c1-3-14-39-37(12-1)41-38(21-20-36-33-11-2-4-15-40(33)51-46(36)41)42(50-39)29-9-5-8-28(26-29)30-18-19-31(34-13-7-24-48-44(30)34)32-22-25-49-45-35(32)17-16-27-10-6-23-47-43(27)45/h1-26H. The van der Waals surface area contributed by atoms with Crippen LogP contribution in [0.15, 0.2) is 163 Å². The van der Waals surface area contributed by atoms with Gasteiger partial charge in [-0.2, -0.15) is 0 Å². The third-order valence-electron chi connectivity index (χ3n) is 10.2. The van der Waals surface area contributed by atoms with Gasteiger partial charge >= 0.3 is 0 Å². The molecular weight excluding hydrogens is 625 g/mol. The fourth-order valence-electron chi connectivity index (χ4n) is 7.90. The molecular formula is C46H26N4O. The normalized spacial score (nSPS) is 11.9. The van der Waals surface area contributed by atoms with Crippen LogP contribution in [-0.4, -0.2) is 19.9 Å². The Morgan fingerprint density at radius 2 is 1.12 bits per heavy atom. The molecule has 0 N–H and O–H groups in total. The van der Waals surface area contributed by atoms with Gasteiger partial charge in [0.2, 0.25) is 0 Å². The highest BCUT2D eigenvalue weighted by Gasteiger charge is 2.19. The van der Waals surface area contributed by atoms with Crippen LogP contribution in [0.25, 0.3) is 110 Å². The maximum Gasteiger partial charge on any atom is 0.144 e. The lowest BCUT2D eigenvalue weighted by Gasteiger charge is -2.15. The first-order chi connectivity index (χ1) is 25.3. The van der Waals surface area contributed by atoms with E-state index in [2.05, 4.69) is 114 Å². The van der Waals surface area contributed by atoms with E-state index in [4.69, 9.17) is 19.4 Å². The van der Waals surface area contributed by atoms with E-state index in [9.17, 15) is 0 Å². The van der Waals surface area contributed by atoms with Crippen LogP contribution in [0.3, 0.4) is 0 Å². The Morgan fingerprint density at radius 3 is 2.08 bits per heavy atom. The molecule has 0 fully saturated rings. The monoisotopic (exact) mass is 650 g/mol. The molecule has 0 bridgehead atoms. The number of fused-ring (bicyclic) bond motifs is 11. The summed E-state index contributed by atoms with van der Waals surface area (Å²) in [5.41, 5.74) is 11.8. The summed E-state index contributed by atoms with van der Waals surface area (Å²) < 4.78 is 6.56. The van der Waals surface area contributed by atoms with Crippen LogP contribution >= 0.6 is 0 Å². The van der Waals surface area contributed by atoms with Crippen molar-refractivity contribution in [2.75, 3.05) is 0 Å². The lowest BCUT2D eigenvalue weighted by Crippen LogP contribution is -1.93. The van der Waals surface area contributed by atoms with Crippen molar-refractivity contribution in [3.8, 4) is 33.5 Å². The van der Waals surface area contributed by atoms with E-state index in [1.54, 1.807) is 0 Å². The van der Waals surface area contributed by atoms with Gasteiger partial charge in [-0.1, -0.05) is 97.1 Å².